The van der Waals surface area contributed by atoms with Crippen molar-refractivity contribution in [2.45, 2.75) is 52.9 Å². The molecule has 0 atom stereocenters. The lowest BCUT2D eigenvalue weighted by Gasteiger charge is -2.09. The van der Waals surface area contributed by atoms with E-state index in [-0.39, 0.29) is 12.1 Å². The van der Waals surface area contributed by atoms with Crippen molar-refractivity contribution in [3.8, 4) is 11.4 Å². The molecule has 1 aromatic carbocycles. The van der Waals surface area contributed by atoms with Crippen molar-refractivity contribution in [1.82, 2.24) is 14.1 Å². The molecule has 0 fully saturated rings. The average molecular weight is 483 g/mol. The number of benzene rings is 1. The van der Waals surface area contributed by atoms with Gasteiger partial charge in [0, 0.05) is 12.3 Å². The number of aromatic nitrogens is 5. The Morgan fingerprint density at radius 3 is 2.20 bits per heavy atom. The summed E-state index contributed by atoms with van der Waals surface area (Å²) in [5.74, 6) is 0.467. The summed E-state index contributed by atoms with van der Waals surface area (Å²) >= 11 is 0. The molecule has 0 unspecified atom stereocenters. The topological polar surface area (TPSA) is 42.9 Å². The van der Waals surface area contributed by atoms with E-state index in [4.69, 9.17) is 0 Å². The Morgan fingerprint density at radius 1 is 1.00 bits per heavy atom. The molecule has 0 N–H and O–H groups in total. The van der Waals surface area contributed by atoms with Crippen LogP contribution in [0.25, 0.3) is 28.6 Å². The van der Waals surface area contributed by atoms with Gasteiger partial charge in [-0.3, -0.25) is 0 Å². The molecule has 4 aromatic rings. The lowest BCUT2D eigenvalue weighted by Crippen LogP contribution is -2.36. The van der Waals surface area contributed by atoms with Crippen LogP contribution < -0.4 is 9.13 Å². The number of imidazole rings is 2. The standard InChI is InChI=1S/C26H29F3N6/c1-7-9-22-24(30-6)34(15-32(22)17(2)3)20-12-19(26(27,28)29)13-21(14-20)35-16-33(18(4)5)23-10-8-11-31-25(23)35/h7-18H,6H2,1-5H3/q+2/b9-7-. The van der Waals surface area contributed by atoms with Crippen LogP contribution in [0.1, 0.15) is 58.0 Å². The van der Waals surface area contributed by atoms with E-state index in [9.17, 15) is 13.2 Å². The lowest BCUT2D eigenvalue weighted by molar-refractivity contribution is -0.716. The highest BCUT2D eigenvalue weighted by Crippen LogP contribution is 2.34. The Labute approximate surface area is 202 Å². The van der Waals surface area contributed by atoms with Crippen molar-refractivity contribution in [3.63, 3.8) is 0 Å². The first-order chi connectivity index (χ1) is 16.6. The number of halogens is 3. The monoisotopic (exact) mass is 482 g/mol. The number of allylic oxidation sites excluding steroid dienone is 1. The first-order valence-electron chi connectivity index (χ1n) is 11.4. The minimum Gasteiger partial charge on any atom is -0.226 e. The maximum Gasteiger partial charge on any atom is 0.416 e. The SMILES string of the molecule is C=Nc1c(/C=C\C)[n+](C(C)C)cn1-c1cc(-n2c[n+](C(C)C)c3cccnc32)cc(C(F)(F)F)c1. The molecule has 3 heterocycles. The van der Waals surface area contributed by atoms with E-state index in [1.54, 1.807) is 34.1 Å². The molecule has 3 aromatic heterocycles. The van der Waals surface area contributed by atoms with Crippen LogP contribution in [-0.4, -0.2) is 20.8 Å². The number of hydrogen-bond donors (Lipinski definition) is 0. The number of fused-ring (bicyclic) bond motifs is 1. The Bertz CT molecular complexity index is 1420. The fourth-order valence-corrected chi connectivity index (χ4v) is 4.21. The Morgan fingerprint density at radius 2 is 1.63 bits per heavy atom. The second kappa shape index (κ2) is 9.13. The molecule has 0 saturated carbocycles. The lowest BCUT2D eigenvalue weighted by atomic mass is 10.1. The highest BCUT2D eigenvalue weighted by Gasteiger charge is 2.34. The molecule has 0 amide bonds. The van der Waals surface area contributed by atoms with Gasteiger partial charge >= 0.3 is 6.18 Å². The number of pyridine rings is 1. The molecule has 0 aliphatic carbocycles. The molecule has 6 nitrogen and oxygen atoms in total. The summed E-state index contributed by atoms with van der Waals surface area (Å²) in [6, 6.07) is 7.89. The van der Waals surface area contributed by atoms with Gasteiger partial charge in [-0.15, -0.1) is 0 Å². The number of nitrogens with zero attached hydrogens (tertiary/aromatic N) is 6. The van der Waals surface area contributed by atoms with Gasteiger partial charge in [0.15, 0.2) is 11.2 Å². The third kappa shape index (κ3) is 4.38. The first-order valence-corrected chi connectivity index (χ1v) is 11.4. The minimum atomic E-state index is -4.54. The largest absolute Gasteiger partial charge is 0.416 e. The molecular weight excluding hydrogens is 453 g/mol. The van der Waals surface area contributed by atoms with Crippen LogP contribution in [0.5, 0.6) is 0 Å². The van der Waals surface area contributed by atoms with Crippen LogP contribution >= 0.6 is 0 Å². The van der Waals surface area contributed by atoms with Gasteiger partial charge in [0.1, 0.15) is 11.4 Å². The van der Waals surface area contributed by atoms with Gasteiger partial charge in [0.25, 0.3) is 24.1 Å². The summed E-state index contributed by atoms with van der Waals surface area (Å²) in [6.07, 6.45) is 4.41. The van der Waals surface area contributed by atoms with Crippen molar-refractivity contribution in [1.29, 1.82) is 0 Å². The maximum atomic E-state index is 14.1. The number of rotatable bonds is 6. The third-order valence-corrected chi connectivity index (χ3v) is 5.86. The summed E-state index contributed by atoms with van der Waals surface area (Å²) in [6.45, 7) is 13.6. The van der Waals surface area contributed by atoms with Gasteiger partial charge in [-0.25, -0.2) is 19.1 Å². The molecule has 9 heteroatoms. The van der Waals surface area contributed by atoms with Crippen molar-refractivity contribution in [2.24, 2.45) is 4.99 Å². The van der Waals surface area contributed by atoms with Gasteiger partial charge < -0.3 is 0 Å². The van der Waals surface area contributed by atoms with E-state index >= 15 is 0 Å². The van der Waals surface area contributed by atoms with Gasteiger partial charge in [0.2, 0.25) is 0 Å². The average Bonchev–Trinajstić information content (AvgIpc) is 3.37. The van der Waals surface area contributed by atoms with Gasteiger partial charge in [0.05, 0.1) is 17.6 Å². The van der Waals surface area contributed by atoms with Crippen LogP contribution in [0.2, 0.25) is 0 Å². The van der Waals surface area contributed by atoms with Crippen molar-refractivity contribution >= 4 is 29.8 Å². The minimum absolute atomic E-state index is 0.0656. The predicted molar refractivity (Wildman–Crippen MR) is 130 cm³/mol. The normalized spacial score (nSPS) is 12.5. The van der Waals surface area contributed by atoms with Crippen molar-refractivity contribution < 1.29 is 22.3 Å². The summed E-state index contributed by atoms with van der Waals surface area (Å²) in [4.78, 5) is 8.64. The molecule has 0 radical (unpaired) electrons. The highest BCUT2D eigenvalue weighted by molar-refractivity contribution is 5.70. The van der Waals surface area contributed by atoms with Gasteiger partial charge in [-0.2, -0.15) is 22.3 Å². The quantitative estimate of drug-likeness (QED) is 0.248. The Balaban J connectivity index is 2.04. The molecule has 0 bridgehead atoms. The maximum absolute atomic E-state index is 14.1. The van der Waals surface area contributed by atoms with Crippen molar-refractivity contribution in [3.05, 3.63) is 66.5 Å². The van der Waals surface area contributed by atoms with Crippen molar-refractivity contribution in [2.75, 3.05) is 0 Å². The summed E-state index contributed by atoms with van der Waals surface area (Å²) < 4.78 is 49.5. The predicted octanol–water partition coefficient (Wildman–Crippen LogP) is 5.94. The molecule has 182 valence electrons. The van der Waals surface area contributed by atoms with Gasteiger partial charge in [-0.1, -0.05) is 6.08 Å². The molecule has 35 heavy (non-hydrogen) atoms. The number of alkyl halides is 3. The van der Waals surface area contributed by atoms with E-state index in [1.165, 1.54) is 0 Å². The second-order valence-corrected chi connectivity index (χ2v) is 8.92. The fraction of sp³-hybridized carbons (Fsp3) is 0.308. The third-order valence-electron chi connectivity index (χ3n) is 5.86. The zero-order valence-electron chi connectivity index (χ0n) is 20.5. The van der Waals surface area contributed by atoms with E-state index in [1.807, 2.05) is 68.0 Å². The van der Waals surface area contributed by atoms with Crippen LogP contribution in [0.15, 0.2) is 60.3 Å². The zero-order valence-corrected chi connectivity index (χ0v) is 20.5. The summed E-state index contributed by atoms with van der Waals surface area (Å²) in [5.41, 5.74) is 2.10. The molecule has 0 aliphatic heterocycles. The smallest absolute Gasteiger partial charge is 0.226 e. The Hall–Kier alpha value is -3.75. The molecule has 0 aliphatic rings. The van der Waals surface area contributed by atoms with Crippen LogP contribution in [0.4, 0.5) is 19.0 Å². The first kappa shape index (κ1) is 24.4. The van der Waals surface area contributed by atoms with Crippen LogP contribution in [0.3, 0.4) is 0 Å². The second-order valence-electron chi connectivity index (χ2n) is 8.92. The molecule has 0 spiro atoms. The van der Waals surface area contributed by atoms with E-state index < -0.39 is 11.7 Å². The van der Waals surface area contributed by atoms with E-state index in [2.05, 4.69) is 16.7 Å². The molecular formula is C26H29F3N6+2. The van der Waals surface area contributed by atoms with E-state index in [0.717, 1.165) is 23.3 Å². The fourth-order valence-electron chi connectivity index (χ4n) is 4.21. The van der Waals surface area contributed by atoms with Crippen LogP contribution in [0, 0.1) is 0 Å². The highest BCUT2D eigenvalue weighted by atomic mass is 19.4. The summed E-state index contributed by atoms with van der Waals surface area (Å²) in [5, 5.41) is 0. The van der Waals surface area contributed by atoms with Gasteiger partial charge in [-0.05, 0) is 71.7 Å². The van der Waals surface area contributed by atoms with Crippen LogP contribution in [-0.2, 0) is 6.18 Å². The summed E-state index contributed by atoms with van der Waals surface area (Å²) in [7, 11) is 0. The molecule has 4 rings (SSSR count). The zero-order chi connectivity index (χ0) is 25.5. The Kier molecular flexibility index (Phi) is 6.36. The molecule has 0 saturated heterocycles. The number of aliphatic imine (C=N–C) groups is 1. The number of hydrogen-bond acceptors (Lipinski definition) is 2. The van der Waals surface area contributed by atoms with E-state index in [0.29, 0.717) is 22.8 Å².